The average molecular weight is 364 g/mol. The minimum absolute atomic E-state index is 0.0164. The summed E-state index contributed by atoms with van der Waals surface area (Å²) in [5.74, 6) is 1.88. The third-order valence-electron chi connectivity index (χ3n) is 4.55. The highest BCUT2D eigenvalue weighted by Gasteiger charge is 2.27. The Morgan fingerprint density at radius 1 is 1.35 bits per heavy atom. The summed E-state index contributed by atoms with van der Waals surface area (Å²) in [6.07, 6.45) is 5.29. The predicted octanol–water partition coefficient (Wildman–Crippen LogP) is 1.47. The van der Waals surface area contributed by atoms with Gasteiger partial charge in [-0.2, -0.15) is 0 Å². The lowest BCUT2D eigenvalue weighted by molar-refractivity contribution is -0.149. The van der Waals surface area contributed by atoms with Crippen LogP contribution in [0, 0.1) is 5.92 Å². The summed E-state index contributed by atoms with van der Waals surface area (Å²) in [4.78, 5) is 18.9. The molecule has 0 radical (unpaired) electrons. The van der Waals surface area contributed by atoms with Crippen LogP contribution in [0.1, 0.15) is 45.9 Å². The molecule has 2 heterocycles. The number of guanidine groups is 1. The lowest BCUT2D eigenvalue weighted by Crippen LogP contribution is -2.47. The van der Waals surface area contributed by atoms with E-state index in [-0.39, 0.29) is 11.9 Å². The molecule has 0 amide bonds. The number of piperidine rings is 1. The molecule has 1 aromatic heterocycles. The van der Waals surface area contributed by atoms with Crippen molar-refractivity contribution in [3.63, 3.8) is 0 Å². The third kappa shape index (κ3) is 5.71. The van der Waals surface area contributed by atoms with Crippen molar-refractivity contribution in [2.75, 3.05) is 32.8 Å². The second kappa shape index (κ2) is 10.8. The third-order valence-corrected chi connectivity index (χ3v) is 4.55. The van der Waals surface area contributed by atoms with Gasteiger partial charge in [0.25, 0.3) is 0 Å². The van der Waals surface area contributed by atoms with E-state index in [4.69, 9.17) is 9.73 Å². The molecule has 2 rings (SSSR count). The number of carbonyl (C=O) groups excluding carboxylic acids is 1. The molecule has 0 unspecified atom stereocenters. The van der Waals surface area contributed by atoms with Gasteiger partial charge in [0.15, 0.2) is 5.96 Å². The minimum Gasteiger partial charge on any atom is -0.466 e. The van der Waals surface area contributed by atoms with Crippen LogP contribution in [0.15, 0.2) is 11.3 Å². The Morgan fingerprint density at radius 2 is 2.12 bits per heavy atom. The molecule has 1 saturated heterocycles. The van der Waals surface area contributed by atoms with Crippen LogP contribution in [0.3, 0.4) is 0 Å². The number of carbonyl (C=O) groups is 1. The number of nitrogens with one attached hydrogen (secondary N) is 1. The Hall–Kier alpha value is -2.12. The van der Waals surface area contributed by atoms with Crippen molar-refractivity contribution >= 4 is 11.9 Å². The number of esters is 1. The quantitative estimate of drug-likeness (QED) is 0.427. The van der Waals surface area contributed by atoms with Gasteiger partial charge in [0.1, 0.15) is 12.2 Å². The smallest absolute Gasteiger partial charge is 0.309 e. The molecule has 8 nitrogen and oxygen atoms in total. The van der Waals surface area contributed by atoms with E-state index >= 15 is 0 Å². The number of hydrogen-bond donors (Lipinski definition) is 1. The Bertz CT molecular complexity index is 578. The molecule has 0 aromatic carbocycles. The maximum absolute atomic E-state index is 11.9. The van der Waals surface area contributed by atoms with Crippen molar-refractivity contribution in [2.24, 2.45) is 10.9 Å². The largest absolute Gasteiger partial charge is 0.466 e. The zero-order valence-corrected chi connectivity index (χ0v) is 16.3. The first-order valence-electron chi connectivity index (χ1n) is 9.76. The summed E-state index contributed by atoms with van der Waals surface area (Å²) >= 11 is 0. The first kappa shape index (κ1) is 20.2. The van der Waals surface area contributed by atoms with Crippen molar-refractivity contribution in [1.82, 2.24) is 25.0 Å². The average Bonchev–Trinajstić information content (AvgIpc) is 3.12. The number of aliphatic imine (C=N–C) groups is 1. The van der Waals surface area contributed by atoms with E-state index in [2.05, 4.69) is 38.8 Å². The molecule has 1 aliphatic heterocycles. The van der Waals surface area contributed by atoms with Crippen LogP contribution in [0.4, 0.5) is 0 Å². The molecule has 1 aromatic rings. The molecule has 1 fully saturated rings. The number of nitrogens with zero attached hydrogens (tertiary/aromatic N) is 5. The molecule has 1 aliphatic rings. The molecule has 0 saturated carbocycles. The van der Waals surface area contributed by atoms with E-state index in [1.807, 2.05) is 6.92 Å². The standard InChI is InChI=1S/C18H32N6O2/c1-4-9-19-18(20-10-13-24-14-21-22-16(24)5-2)23-11-7-15(8-12-23)17(25)26-6-3/h14-15H,4-13H2,1-3H3,(H,19,20). The molecule has 0 spiro atoms. The van der Waals surface area contributed by atoms with Gasteiger partial charge in [-0.05, 0) is 26.2 Å². The molecule has 8 heteroatoms. The second-order valence-corrected chi connectivity index (χ2v) is 6.44. The van der Waals surface area contributed by atoms with Crippen LogP contribution in [0.5, 0.6) is 0 Å². The normalized spacial score (nSPS) is 16.0. The number of rotatable bonds is 8. The second-order valence-electron chi connectivity index (χ2n) is 6.44. The highest BCUT2D eigenvalue weighted by atomic mass is 16.5. The molecule has 146 valence electrons. The highest BCUT2D eigenvalue weighted by molar-refractivity contribution is 5.80. The first-order chi connectivity index (χ1) is 12.7. The Morgan fingerprint density at radius 3 is 2.77 bits per heavy atom. The lowest BCUT2D eigenvalue weighted by Gasteiger charge is -2.33. The molecule has 0 bridgehead atoms. The van der Waals surface area contributed by atoms with Crippen LogP contribution in [-0.4, -0.2) is 64.4 Å². The highest BCUT2D eigenvalue weighted by Crippen LogP contribution is 2.18. The van der Waals surface area contributed by atoms with Crippen molar-refractivity contribution in [1.29, 1.82) is 0 Å². The van der Waals surface area contributed by atoms with Gasteiger partial charge in [0.2, 0.25) is 0 Å². The number of aryl methyl sites for hydroxylation is 1. The fraction of sp³-hybridized carbons (Fsp3) is 0.778. The Labute approximate surface area is 156 Å². The monoisotopic (exact) mass is 364 g/mol. The fourth-order valence-electron chi connectivity index (χ4n) is 3.10. The summed E-state index contributed by atoms with van der Waals surface area (Å²) in [5.41, 5.74) is 0. The van der Waals surface area contributed by atoms with E-state index < -0.39 is 0 Å². The van der Waals surface area contributed by atoms with Crippen LogP contribution in [-0.2, 0) is 22.5 Å². The van der Waals surface area contributed by atoms with Gasteiger partial charge in [-0.25, -0.2) is 0 Å². The summed E-state index contributed by atoms with van der Waals surface area (Å²) in [6, 6.07) is 0. The lowest BCUT2D eigenvalue weighted by atomic mass is 9.97. The van der Waals surface area contributed by atoms with E-state index in [1.165, 1.54) is 0 Å². The summed E-state index contributed by atoms with van der Waals surface area (Å²) in [5, 5.41) is 11.5. The Balaban J connectivity index is 1.86. The van der Waals surface area contributed by atoms with Crippen LogP contribution in [0.25, 0.3) is 0 Å². The van der Waals surface area contributed by atoms with Crippen molar-refractivity contribution < 1.29 is 9.53 Å². The van der Waals surface area contributed by atoms with Crippen molar-refractivity contribution in [3.8, 4) is 0 Å². The zero-order valence-electron chi connectivity index (χ0n) is 16.3. The molecule has 26 heavy (non-hydrogen) atoms. The van der Waals surface area contributed by atoms with Crippen LogP contribution < -0.4 is 5.32 Å². The summed E-state index contributed by atoms with van der Waals surface area (Å²) in [7, 11) is 0. The number of hydrogen-bond acceptors (Lipinski definition) is 5. The number of likely N-dealkylation sites (tertiary alicyclic amines) is 1. The van der Waals surface area contributed by atoms with Gasteiger partial charge in [0.05, 0.1) is 12.5 Å². The Kier molecular flexibility index (Phi) is 8.37. The molecule has 1 N–H and O–H groups in total. The molecule has 0 atom stereocenters. The predicted molar refractivity (Wildman–Crippen MR) is 101 cm³/mol. The van der Waals surface area contributed by atoms with E-state index in [0.29, 0.717) is 6.61 Å². The SMILES string of the molecule is CCCN=C(NCCn1cnnc1CC)N1CCC(C(=O)OCC)CC1. The molecular weight excluding hydrogens is 332 g/mol. The minimum atomic E-state index is -0.0631. The van der Waals surface area contributed by atoms with E-state index in [9.17, 15) is 4.79 Å². The van der Waals surface area contributed by atoms with E-state index in [1.54, 1.807) is 6.33 Å². The molecule has 0 aliphatic carbocycles. The number of ether oxygens (including phenoxy) is 1. The van der Waals surface area contributed by atoms with Gasteiger partial charge >= 0.3 is 5.97 Å². The van der Waals surface area contributed by atoms with Crippen LogP contribution >= 0.6 is 0 Å². The van der Waals surface area contributed by atoms with Crippen LogP contribution in [0.2, 0.25) is 0 Å². The van der Waals surface area contributed by atoms with Crippen molar-refractivity contribution in [2.45, 2.75) is 53.0 Å². The van der Waals surface area contributed by atoms with Crippen molar-refractivity contribution in [3.05, 3.63) is 12.2 Å². The maximum atomic E-state index is 11.9. The molecular formula is C18H32N6O2. The van der Waals surface area contributed by atoms with E-state index in [0.717, 1.165) is 70.2 Å². The van der Waals surface area contributed by atoms with Gasteiger partial charge in [0, 0.05) is 39.1 Å². The summed E-state index contributed by atoms with van der Waals surface area (Å²) < 4.78 is 7.22. The zero-order chi connectivity index (χ0) is 18.8. The topological polar surface area (TPSA) is 84.6 Å². The summed E-state index contributed by atoms with van der Waals surface area (Å²) in [6.45, 7) is 10.5. The van der Waals surface area contributed by atoms with Gasteiger partial charge in [-0.15, -0.1) is 10.2 Å². The maximum Gasteiger partial charge on any atom is 0.309 e. The first-order valence-corrected chi connectivity index (χ1v) is 9.76. The fourth-order valence-corrected chi connectivity index (χ4v) is 3.10. The van der Waals surface area contributed by atoms with Gasteiger partial charge in [-0.1, -0.05) is 13.8 Å². The van der Waals surface area contributed by atoms with Gasteiger partial charge in [-0.3, -0.25) is 9.79 Å². The number of aromatic nitrogens is 3. The van der Waals surface area contributed by atoms with Gasteiger partial charge < -0.3 is 19.5 Å².